The molecule has 1 aliphatic rings. The largest absolute Gasteiger partial charge is 0.384 e. The number of thioether (sulfide) groups is 1. The van der Waals surface area contributed by atoms with Crippen LogP contribution in [0.3, 0.4) is 0 Å². The molecule has 0 bridgehead atoms. The summed E-state index contributed by atoms with van der Waals surface area (Å²) in [7, 11) is 0. The predicted octanol–water partition coefficient (Wildman–Crippen LogP) is 0.755. The number of aryl methyl sites for hydroxylation is 1. The maximum Gasteiger partial charge on any atom is 0.230 e. The summed E-state index contributed by atoms with van der Waals surface area (Å²) >= 11 is 1.30. The fourth-order valence-corrected chi connectivity index (χ4v) is 2.59. The smallest absolute Gasteiger partial charge is 0.230 e. The normalized spacial score (nSPS) is 16.3. The standard InChI is InChI=1S/C12H18N4O2S/c1-8-6-10(13)16-12(14-8)19-7-11(17)15-9-2-4-18-5-3-9/h6,9H,2-5,7H2,1H3,(H,15,17)(H2,13,14,16). The molecule has 3 N–H and O–H groups in total. The van der Waals surface area contributed by atoms with Crippen molar-refractivity contribution in [2.45, 2.75) is 31.0 Å². The van der Waals surface area contributed by atoms with E-state index in [0.717, 1.165) is 31.7 Å². The summed E-state index contributed by atoms with van der Waals surface area (Å²) < 4.78 is 5.25. The molecule has 0 aliphatic carbocycles. The van der Waals surface area contributed by atoms with Gasteiger partial charge in [-0.1, -0.05) is 11.8 Å². The molecular formula is C12H18N4O2S. The van der Waals surface area contributed by atoms with Crippen LogP contribution in [0.1, 0.15) is 18.5 Å². The second kappa shape index (κ2) is 6.72. The molecule has 1 aromatic rings. The first-order valence-corrected chi connectivity index (χ1v) is 7.23. The lowest BCUT2D eigenvalue weighted by Gasteiger charge is -2.22. The van der Waals surface area contributed by atoms with E-state index in [-0.39, 0.29) is 11.9 Å². The minimum atomic E-state index is 0.000535. The monoisotopic (exact) mass is 282 g/mol. The van der Waals surface area contributed by atoms with Gasteiger partial charge in [-0.3, -0.25) is 4.79 Å². The predicted molar refractivity (Wildman–Crippen MR) is 73.9 cm³/mol. The molecule has 104 valence electrons. The lowest BCUT2D eigenvalue weighted by Crippen LogP contribution is -2.39. The molecule has 2 heterocycles. The molecule has 0 atom stereocenters. The summed E-state index contributed by atoms with van der Waals surface area (Å²) in [6.45, 7) is 3.29. The van der Waals surface area contributed by atoms with Crippen molar-refractivity contribution in [3.63, 3.8) is 0 Å². The maximum atomic E-state index is 11.8. The molecule has 0 unspecified atom stereocenters. The zero-order chi connectivity index (χ0) is 13.7. The van der Waals surface area contributed by atoms with Crippen LogP contribution in [0.5, 0.6) is 0 Å². The molecule has 0 spiro atoms. The van der Waals surface area contributed by atoms with Crippen molar-refractivity contribution < 1.29 is 9.53 Å². The Labute approximate surface area is 116 Å². The molecule has 1 amide bonds. The van der Waals surface area contributed by atoms with Crippen LogP contribution < -0.4 is 11.1 Å². The zero-order valence-corrected chi connectivity index (χ0v) is 11.7. The van der Waals surface area contributed by atoms with E-state index in [4.69, 9.17) is 10.5 Å². The summed E-state index contributed by atoms with van der Waals surface area (Å²) in [6, 6.07) is 1.93. The van der Waals surface area contributed by atoms with E-state index in [9.17, 15) is 4.79 Å². The highest BCUT2D eigenvalue weighted by Gasteiger charge is 2.16. The summed E-state index contributed by atoms with van der Waals surface area (Å²) in [5.41, 5.74) is 6.44. The van der Waals surface area contributed by atoms with Crippen LogP contribution in [0.4, 0.5) is 5.82 Å². The van der Waals surface area contributed by atoms with Gasteiger partial charge in [-0.15, -0.1) is 0 Å². The average Bonchev–Trinajstić information content (AvgIpc) is 2.36. The minimum absolute atomic E-state index is 0.000535. The average molecular weight is 282 g/mol. The molecule has 1 aliphatic heterocycles. The molecule has 2 rings (SSSR count). The molecule has 1 fully saturated rings. The van der Waals surface area contributed by atoms with Crippen LogP contribution >= 0.6 is 11.8 Å². The van der Waals surface area contributed by atoms with Crippen molar-refractivity contribution in [1.82, 2.24) is 15.3 Å². The van der Waals surface area contributed by atoms with Crippen molar-refractivity contribution in [2.24, 2.45) is 0 Å². The lowest BCUT2D eigenvalue weighted by molar-refractivity contribution is -0.119. The fourth-order valence-electron chi connectivity index (χ4n) is 1.87. The van der Waals surface area contributed by atoms with Crippen molar-refractivity contribution in [3.8, 4) is 0 Å². The van der Waals surface area contributed by atoms with Gasteiger partial charge in [0.15, 0.2) is 5.16 Å². The first kappa shape index (κ1) is 14.1. The number of nitrogens with two attached hydrogens (primary N) is 1. The summed E-state index contributed by atoms with van der Waals surface area (Å²) in [6.07, 6.45) is 1.76. The van der Waals surface area contributed by atoms with Crippen LogP contribution in [0.25, 0.3) is 0 Å². The van der Waals surface area contributed by atoms with Crippen molar-refractivity contribution in [1.29, 1.82) is 0 Å². The van der Waals surface area contributed by atoms with Crippen molar-refractivity contribution in [3.05, 3.63) is 11.8 Å². The molecule has 19 heavy (non-hydrogen) atoms. The van der Waals surface area contributed by atoms with Crippen LogP contribution in [0, 0.1) is 6.92 Å². The molecular weight excluding hydrogens is 264 g/mol. The van der Waals surface area contributed by atoms with Gasteiger partial charge in [0.25, 0.3) is 0 Å². The maximum absolute atomic E-state index is 11.8. The lowest BCUT2D eigenvalue weighted by atomic mass is 10.1. The van der Waals surface area contributed by atoms with E-state index in [1.54, 1.807) is 6.07 Å². The van der Waals surface area contributed by atoms with E-state index in [2.05, 4.69) is 15.3 Å². The third kappa shape index (κ3) is 4.68. The topological polar surface area (TPSA) is 90.1 Å². The third-order valence-electron chi connectivity index (χ3n) is 2.77. The van der Waals surface area contributed by atoms with Gasteiger partial charge in [0, 0.05) is 31.0 Å². The molecule has 0 aromatic carbocycles. The van der Waals surface area contributed by atoms with E-state index in [1.165, 1.54) is 11.8 Å². The first-order valence-electron chi connectivity index (χ1n) is 6.24. The molecule has 0 saturated carbocycles. The molecule has 1 saturated heterocycles. The molecule has 7 heteroatoms. The number of carbonyl (C=O) groups excluding carboxylic acids is 1. The number of anilines is 1. The van der Waals surface area contributed by atoms with Crippen LogP contribution in [-0.4, -0.2) is 40.9 Å². The number of rotatable bonds is 4. The van der Waals surface area contributed by atoms with Gasteiger partial charge in [0.05, 0.1) is 5.75 Å². The van der Waals surface area contributed by atoms with Crippen LogP contribution in [-0.2, 0) is 9.53 Å². The van der Waals surface area contributed by atoms with E-state index in [0.29, 0.717) is 16.7 Å². The number of hydrogen-bond donors (Lipinski definition) is 2. The Hall–Kier alpha value is -1.34. The highest BCUT2D eigenvalue weighted by molar-refractivity contribution is 7.99. The van der Waals surface area contributed by atoms with Gasteiger partial charge < -0.3 is 15.8 Å². The Bertz CT molecular complexity index is 429. The van der Waals surface area contributed by atoms with Gasteiger partial charge in [-0.25, -0.2) is 9.97 Å². The van der Waals surface area contributed by atoms with Gasteiger partial charge in [0.1, 0.15) is 5.82 Å². The Kier molecular flexibility index (Phi) is 4.98. The number of ether oxygens (including phenoxy) is 1. The number of hydrogen-bond acceptors (Lipinski definition) is 6. The van der Waals surface area contributed by atoms with Crippen LogP contribution in [0.2, 0.25) is 0 Å². The van der Waals surface area contributed by atoms with Gasteiger partial charge >= 0.3 is 0 Å². The highest BCUT2D eigenvalue weighted by atomic mass is 32.2. The Morgan fingerprint density at radius 3 is 2.95 bits per heavy atom. The zero-order valence-electron chi connectivity index (χ0n) is 10.9. The van der Waals surface area contributed by atoms with Gasteiger partial charge in [-0.2, -0.15) is 0 Å². The summed E-state index contributed by atoms with van der Waals surface area (Å²) in [5.74, 6) is 0.737. The Morgan fingerprint density at radius 2 is 2.26 bits per heavy atom. The number of nitrogens with zero attached hydrogens (tertiary/aromatic N) is 2. The number of amides is 1. The minimum Gasteiger partial charge on any atom is -0.384 e. The second-order valence-corrected chi connectivity index (χ2v) is 5.40. The number of carbonyl (C=O) groups is 1. The second-order valence-electron chi connectivity index (χ2n) is 4.46. The number of nitrogens with one attached hydrogen (secondary N) is 1. The van der Waals surface area contributed by atoms with E-state index in [1.807, 2.05) is 6.92 Å². The number of aromatic nitrogens is 2. The Balaban J connectivity index is 1.79. The van der Waals surface area contributed by atoms with E-state index < -0.39 is 0 Å². The highest BCUT2D eigenvalue weighted by Crippen LogP contribution is 2.15. The SMILES string of the molecule is Cc1cc(N)nc(SCC(=O)NC2CCOCC2)n1. The van der Waals surface area contributed by atoms with Gasteiger partial charge in [-0.05, 0) is 19.8 Å². The summed E-state index contributed by atoms with van der Waals surface area (Å²) in [4.78, 5) is 20.1. The Morgan fingerprint density at radius 1 is 1.53 bits per heavy atom. The van der Waals surface area contributed by atoms with Crippen molar-refractivity contribution in [2.75, 3.05) is 24.7 Å². The molecule has 1 aromatic heterocycles. The quantitative estimate of drug-likeness (QED) is 0.626. The number of nitrogen functional groups attached to an aromatic ring is 1. The summed E-state index contributed by atoms with van der Waals surface area (Å²) in [5, 5.41) is 3.53. The van der Waals surface area contributed by atoms with Gasteiger partial charge in [0.2, 0.25) is 5.91 Å². The molecule has 6 nitrogen and oxygen atoms in total. The van der Waals surface area contributed by atoms with Crippen molar-refractivity contribution >= 4 is 23.5 Å². The molecule has 0 radical (unpaired) electrons. The third-order valence-corrected chi connectivity index (χ3v) is 3.62. The fraction of sp³-hybridized carbons (Fsp3) is 0.583. The van der Waals surface area contributed by atoms with Crippen LogP contribution in [0.15, 0.2) is 11.2 Å². The first-order chi connectivity index (χ1) is 9.13. The van der Waals surface area contributed by atoms with E-state index >= 15 is 0 Å².